The van der Waals surface area contributed by atoms with Crippen LogP contribution in [0.25, 0.3) is 5.57 Å². The van der Waals surface area contributed by atoms with Crippen molar-refractivity contribution in [1.82, 2.24) is 0 Å². The van der Waals surface area contributed by atoms with Crippen LogP contribution in [0.5, 0.6) is 0 Å². The number of carboxylic acid groups (broad SMARTS) is 1. The minimum atomic E-state index is -1.23. The van der Waals surface area contributed by atoms with Gasteiger partial charge >= 0.3 is 51.4 Å². The van der Waals surface area contributed by atoms with Crippen molar-refractivity contribution >= 4 is 11.5 Å². The van der Waals surface area contributed by atoms with E-state index >= 15 is 0 Å². The number of rotatable bonds is 2. The van der Waals surface area contributed by atoms with Crippen molar-refractivity contribution in [1.29, 1.82) is 0 Å². The van der Waals surface area contributed by atoms with E-state index in [0.717, 1.165) is 0 Å². The standard InChI is InChI=1S/C9H8O2.K/c1-7(9(10)11)8-5-3-2-4-6-8;/h2-6H,1H2,(H,10,11);/q;+1/p-1. The SMILES string of the molecule is C=C(C(=O)[O-])c1ccccc1.[K+]. The van der Waals surface area contributed by atoms with E-state index in [1.54, 1.807) is 24.3 Å². The molecule has 0 unspecified atom stereocenters. The van der Waals surface area contributed by atoms with Crippen LogP contribution >= 0.6 is 0 Å². The van der Waals surface area contributed by atoms with E-state index in [2.05, 4.69) is 6.58 Å². The summed E-state index contributed by atoms with van der Waals surface area (Å²) in [7, 11) is 0. The minimum absolute atomic E-state index is 0. The maximum Gasteiger partial charge on any atom is 1.00 e. The van der Waals surface area contributed by atoms with E-state index in [0.29, 0.717) is 5.56 Å². The molecule has 0 amide bonds. The van der Waals surface area contributed by atoms with Gasteiger partial charge in [-0.3, -0.25) is 0 Å². The Morgan fingerprint density at radius 1 is 1.25 bits per heavy atom. The van der Waals surface area contributed by atoms with Crippen LogP contribution in [0.4, 0.5) is 0 Å². The van der Waals surface area contributed by atoms with Crippen molar-refractivity contribution in [3.8, 4) is 0 Å². The molecule has 0 radical (unpaired) electrons. The van der Waals surface area contributed by atoms with E-state index in [9.17, 15) is 9.90 Å². The number of hydrogen-bond donors (Lipinski definition) is 0. The number of carbonyl (C=O) groups excluding carboxylic acids is 1. The molecule has 0 fully saturated rings. The van der Waals surface area contributed by atoms with Crippen LogP contribution in [-0.2, 0) is 4.79 Å². The molecule has 0 saturated carbocycles. The largest absolute Gasteiger partial charge is 1.00 e. The Kier molecular flexibility index (Phi) is 5.70. The maximum atomic E-state index is 10.3. The predicted octanol–water partition coefficient (Wildman–Crippen LogP) is -2.55. The summed E-state index contributed by atoms with van der Waals surface area (Å²) in [5, 5.41) is 10.3. The summed E-state index contributed by atoms with van der Waals surface area (Å²) in [5.41, 5.74) is 0.609. The Morgan fingerprint density at radius 3 is 2.17 bits per heavy atom. The van der Waals surface area contributed by atoms with Crippen LogP contribution in [0, 0.1) is 0 Å². The van der Waals surface area contributed by atoms with E-state index in [1.807, 2.05) is 6.07 Å². The molecule has 2 nitrogen and oxygen atoms in total. The first-order chi connectivity index (χ1) is 5.22. The van der Waals surface area contributed by atoms with Crippen LogP contribution in [0.2, 0.25) is 0 Å². The third-order valence-electron chi connectivity index (χ3n) is 1.37. The van der Waals surface area contributed by atoms with Gasteiger partial charge in [0.2, 0.25) is 0 Å². The fourth-order valence-corrected chi connectivity index (χ4v) is 0.757. The van der Waals surface area contributed by atoms with Gasteiger partial charge in [-0.2, -0.15) is 0 Å². The van der Waals surface area contributed by atoms with Gasteiger partial charge < -0.3 is 9.90 Å². The van der Waals surface area contributed by atoms with Crippen molar-refractivity contribution in [2.75, 3.05) is 0 Å². The number of aliphatic carboxylic acids is 1. The third-order valence-corrected chi connectivity index (χ3v) is 1.37. The van der Waals surface area contributed by atoms with E-state index in [1.165, 1.54) is 0 Å². The zero-order valence-electron chi connectivity index (χ0n) is 6.91. The molecule has 0 spiro atoms. The second-order valence-corrected chi connectivity index (χ2v) is 2.13. The molecule has 0 aliphatic rings. The van der Waals surface area contributed by atoms with Crippen molar-refractivity contribution in [2.24, 2.45) is 0 Å². The maximum absolute atomic E-state index is 10.3. The first kappa shape index (κ1) is 12.1. The molecule has 12 heavy (non-hydrogen) atoms. The van der Waals surface area contributed by atoms with Crippen molar-refractivity contribution in [3.63, 3.8) is 0 Å². The summed E-state index contributed by atoms with van der Waals surface area (Å²) in [5.74, 6) is -1.23. The Morgan fingerprint density at radius 2 is 1.75 bits per heavy atom. The topological polar surface area (TPSA) is 40.1 Å². The predicted molar refractivity (Wildman–Crippen MR) is 40.5 cm³/mol. The van der Waals surface area contributed by atoms with Gasteiger partial charge in [-0.25, -0.2) is 0 Å². The van der Waals surface area contributed by atoms with Crippen molar-refractivity contribution in [2.45, 2.75) is 0 Å². The van der Waals surface area contributed by atoms with E-state index < -0.39 is 5.97 Å². The van der Waals surface area contributed by atoms with Gasteiger partial charge in [0.15, 0.2) is 0 Å². The van der Waals surface area contributed by atoms with Crippen LogP contribution in [0.1, 0.15) is 5.56 Å². The van der Waals surface area contributed by atoms with Crippen LogP contribution in [0.15, 0.2) is 36.9 Å². The summed E-state index contributed by atoms with van der Waals surface area (Å²) in [6.45, 7) is 3.36. The second-order valence-electron chi connectivity index (χ2n) is 2.13. The molecule has 0 aromatic heterocycles. The molecule has 0 aliphatic carbocycles. The van der Waals surface area contributed by atoms with Crippen LogP contribution in [0.3, 0.4) is 0 Å². The summed E-state index contributed by atoms with van der Waals surface area (Å²) < 4.78 is 0. The first-order valence-electron chi connectivity index (χ1n) is 3.17. The van der Waals surface area contributed by atoms with Gasteiger partial charge in [0.1, 0.15) is 0 Å². The molecule has 56 valence electrons. The first-order valence-corrected chi connectivity index (χ1v) is 3.17. The van der Waals surface area contributed by atoms with Crippen LogP contribution < -0.4 is 56.5 Å². The van der Waals surface area contributed by atoms with Gasteiger partial charge in [-0.05, 0) is 11.1 Å². The second kappa shape index (κ2) is 5.67. The molecule has 1 aromatic rings. The molecule has 0 saturated heterocycles. The summed E-state index contributed by atoms with van der Waals surface area (Å²) >= 11 is 0. The van der Waals surface area contributed by atoms with E-state index in [-0.39, 0.29) is 57.0 Å². The molecule has 0 atom stereocenters. The molecule has 0 aliphatic heterocycles. The monoisotopic (exact) mass is 186 g/mol. The molecular weight excluding hydrogens is 179 g/mol. The number of hydrogen-bond acceptors (Lipinski definition) is 2. The van der Waals surface area contributed by atoms with E-state index in [4.69, 9.17) is 0 Å². The Balaban J connectivity index is 0.00000121. The normalized spacial score (nSPS) is 8.33. The Hall–Kier alpha value is 0.0664. The average Bonchev–Trinajstić information content (AvgIpc) is 2.05. The number of carboxylic acids is 1. The van der Waals surface area contributed by atoms with Gasteiger partial charge in [0.05, 0.1) is 5.97 Å². The molecule has 0 heterocycles. The molecule has 1 rings (SSSR count). The van der Waals surface area contributed by atoms with Gasteiger partial charge in [-0.15, -0.1) is 0 Å². The average molecular weight is 186 g/mol. The minimum Gasteiger partial charge on any atom is -0.545 e. The summed E-state index contributed by atoms with van der Waals surface area (Å²) in [6, 6.07) is 8.68. The Bertz CT molecular complexity index is 280. The fourth-order valence-electron chi connectivity index (χ4n) is 0.757. The number of carbonyl (C=O) groups is 1. The van der Waals surface area contributed by atoms with Gasteiger partial charge in [-0.1, -0.05) is 36.9 Å². The van der Waals surface area contributed by atoms with Crippen molar-refractivity contribution < 1.29 is 61.3 Å². The van der Waals surface area contributed by atoms with Gasteiger partial charge in [0.25, 0.3) is 0 Å². The quantitative estimate of drug-likeness (QED) is 0.377. The smallest absolute Gasteiger partial charge is 0.545 e. The Labute approximate surface area is 114 Å². The van der Waals surface area contributed by atoms with Gasteiger partial charge in [0, 0.05) is 0 Å². The molecule has 3 heteroatoms. The summed E-state index contributed by atoms with van der Waals surface area (Å²) in [4.78, 5) is 10.3. The fraction of sp³-hybridized carbons (Fsp3) is 0. The zero-order valence-corrected chi connectivity index (χ0v) is 10.0. The molecule has 0 bridgehead atoms. The summed E-state index contributed by atoms with van der Waals surface area (Å²) in [6.07, 6.45) is 0. The molecule has 0 N–H and O–H groups in total. The van der Waals surface area contributed by atoms with Crippen LogP contribution in [-0.4, -0.2) is 5.97 Å². The number of benzene rings is 1. The van der Waals surface area contributed by atoms with Crippen molar-refractivity contribution in [3.05, 3.63) is 42.5 Å². The molecule has 1 aromatic carbocycles. The zero-order chi connectivity index (χ0) is 8.27. The third kappa shape index (κ3) is 3.21. The molecular formula is C9H7KO2.